The molecule has 1 aliphatic rings. The molecule has 2 rings (SSSR count). The number of hydrogen-bond acceptors (Lipinski definition) is 4. The van der Waals surface area contributed by atoms with Gasteiger partial charge in [-0.05, 0) is 49.8 Å². The summed E-state index contributed by atoms with van der Waals surface area (Å²) in [7, 11) is 2.94. The topological polar surface area (TPSA) is 44.8 Å². The molecule has 0 N–H and O–H groups in total. The molecule has 0 heterocycles. The van der Waals surface area contributed by atoms with Gasteiger partial charge in [0.1, 0.15) is 0 Å². The van der Waals surface area contributed by atoms with Crippen molar-refractivity contribution >= 4 is 5.97 Å². The molecule has 0 aliphatic heterocycles. The second-order valence-electron chi connectivity index (χ2n) is 5.36. The maximum absolute atomic E-state index is 11.5. The van der Waals surface area contributed by atoms with Gasteiger partial charge in [-0.3, -0.25) is 0 Å². The van der Waals surface area contributed by atoms with Crippen LogP contribution in [0.5, 0.6) is 11.5 Å². The van der Waals surface area contributed by atoms with Crippen molar-refractivity contribution in [2.24, 2.45) is 5.92 Å². The lowest BCUT2D eigenvalue weighted by atomic mass is 9.89. The lowest BCUT2D eigenvalue weighted by molar-refractivity contribution is 0.0600. The highest BCUT2D eigenvalue weighted by Gasteiger charge is 2.21. The summed E-state index contributed by atoms with van der Waals surface area (Å²) in [6.07, 6.45) is 4.79. The normalized spacial score (nSPS) is 22.1. The summed E-state index contributed by atoms with van der Waals surface area (Å²) in [4.78, 5) is 11.5. The number of rotatable bonds is 4. The van der Waals surface area contributed by atoms with Crippen LogP contribution in [0.4, 0.5) is 0 Å². The van der Waals surface area contributed by atoms with Gasteiger partial charge in [-0.25, -0.2) is 4.79 Å². The Hall–Kier alpha value is -1.71. The van der Waals surface area contributed by atoms with Gasteiger partial charge in [-0.15, -0.1) is 0 Å². The van der Waals surface area contributed by atoms with Gasteiger partial charge in [0.05, 0.1) is 25.9 Å². The first kappa shape index (κ1) is 14.7. The van der Waals surface area contributed by atoms with Crippen LogP contribution in [-0.2, 0) is 4.74 Å². The van der Waals surface area contributed by atoms with E-state index in [1.54, 1.807) is 25.3 Å². The van der Waals surface area contributed by atoms with Crippen LogP contribution in [0.25, 0.3) is 0 Å². The van der Waals surface area contributed by atoms with Gasteiger partial charge in [0.15, 0.2) is 11.5 Å². The first-order chi connectivity index (χ1) is 9.63. The van der Waals surface area contributed by atoms with Crippen molar-refractivity contribution in [3.8, 4) is 11.5 Å². The molecule has 0 amide bonds. The monoisotopic (exact) mass is 278 g/mol. The molecule has 0 unspecified atom stereocenters. The first-order valence-corrected chi connectivity index (χ1v) is 7.07. The zero-order valence-electron chi connectivity index (χ0n) is 12.3. The third-order valence-corrected chi connectivity index (χ3v) is 3.84. The summed E-state index contributed by atoms with van der Waals surface area (Å²) in [6, 6.07) is 5.14. The summed E-state index contributed by atoms with van der Waals surface area (Å²) < 4.78 is 16.0. The Morgan fingerprint density at radius 1 is 1.10 bits per heavy atom. The van der Waals surface area contributed by atoms with Gasteiger partial charge >= 0.3 is 5.97 Å². The van der Waals surface area contributed by atoms with E-state index in [-0.39, 0.29) is 12.1 Å². The van der Waals surface area contributed by atoms with Crippen LogP contribution in [0.3, 0.4) is 0 Å². The van der Waals surface area contributed by atoms with E-state index >= 15 is 0 Å². The summed E-state index contributed by atoms with van der Waals surface area (Å²) in [5.41, 5.74) is 0.467. The Morgan fingerprint density at radius 3 is 2.40 bits per heavy atom. The number of carbonyl (C=O) groups excluding carboxylic acids is 1. The molecule has 1 aliphatic carbocycles. The van der Waals surface area contributed by atoms with E-state index in [2.05, 4.69) is 6.92 Å². The minimum Gasteiger partial charge on any atom is -0.493 e. The van der Waals surface area contributed by atoms with Crippen molar-refractivity contribution < 1.29 is 19.0 Å². The van der Waals surface area contributed by atoms with Crippen molar-refractivity contribution in [2.75, 3.05) is 14.2 Å². The van der Waals surface area contributed by atoms with Gasteiger partial charge < -0.3 is 14.2 Å². The summed E-state index contributed by atoms with van der Waals surface area (Å²) >= 11 is 0. The minimum absolute atomic E-state index is 0.240. The Balaban J connectivity index is 2.09. The van der Waals surface area contributed by atoms with Crippen molar-refractivity contribution in [1.82, 2.24) is 0 Å². The molecule has 1 aromatic carbocycles. The number of hydrogen-bond donors (Lipinski definition) is 0. The smallest absolute Gasteiger partial charge is 0.337 e. The van der Waals surface area contributed by atoms with Crippen molar-refractivity contribution in [3.05, 3.63) is 23.8 Å². The second kappa shape index (κ2) is 6.64. The quantitative estimate of drug-likeness (QED) is 0.791. The van der Waals surface area contributed by atoms with E-state index in [0.717, 1.165) is 18.8 Å². The van der Waals surface area contributed by atoms with E-state index < -0.39 is 0 Å². The lowest BCUT2D eigenvalue weighted by Crippen LogP contribution is -2.23. The van der Waals surface area contributed by atoms with Crippen molar-refractivity contribution in [1.29, 1.82) is 0 Å². The Bertz CT molecular complexity index is 462. The molecular weight excluding hydrogens is 256 g/mol. The molecule has 1 saturated carbocycles. The van der Waals surface area contributed by atoms with Gasteiger partial charge in [0.2, 0.25) is 0 Å². The number of benzene rings is 1. The van der Waals surface area contributed by atoms with Crippen molar-refractivity contribution in [3.63, 3.8) is 0 Å². The van der Waals surface area contributed by atoms with Crippen LogP contribution < -0.4 is 9.47 Å². The van der Waals surface area contributed by atoms with Crippen LogP contribution in [0.2, 0.25) is 0 Å². The molecule has 0 aromatic heterocycles. The van der Waals surface area contributed by atoms with Crippen LogP contribution in [0, 0.1) is 5.92 Å². The molecule has 110 valence electrons. The fourth-order valence-electron chi connectivity index (χ4n) is 2.54. The van der Waals surface area contributed by atoms with Crippen molar-refractivity contribution in [2.45, 2.75) is 38.7 Å². The zero-order valence-corrected chi connectivity index (χ0v) is 12.3. The average Bonchev–Trinajstić information content (AvgIpc) is 2.49. The molecule has 20 heavy (non-hydrogen) atoms. The molecule has 0 spiro atoms. The summed E-state index contributed by atoms with van der Waals surface area (Å²) in [5, 5.41) is 0. The number of carbonyl (C=O) groups is 1. The fraction of sp³-hybridized carbons (Fsp3) is 0.562. The molecule has 4 nitrogen and oxygen atoms in total. The Kier molecular flexibility index (Phi) is 4.88. The van der Waals surface area contributed by atoms with Gasteiger partial charge in [0, 0.05) is 0 Å². The second-order valence-corrected chi connectivity index (χ2v) is 5.36. The van der Waals surface area contributed by atoms with Crippen LogP contribution in [-0.4, -0.2) is 26.3 Å². The van der Waals surface area contributed by atoms with Crippen LogP contribution >= 0.6 is 0 Å². The molecule has 0 radical (unpaired) electrons. The molecule has 0 atom stereocenters. The Labute approximate surface area is 120 Å². The number of methoxy groups -OCH3 is 2. The predicted octanol–water partition coefficient (Wildman–Crippen LogP) is 3.44. The molecule has 0 bridgehead atoms. The zero-order chi connectivity index (χ0) is 14.5. The highest BCUT2D eigenvalue weighted by atomic mass is 16.5. The van der Waals surface area contributed by atoms with Crippen LogP contribution in [0.15, 0.2) is 18.2 Å². The van der Waals surface area contributed by atoms with Gasteiger partial charge in [0.25, 0.3) is 0 Å². The SMILES string of the molecule is COC(=O)c1ccc(OC2CCC(C)CC2)c(OC)c1. The molecule has 0 saturated heterocycles. The predicted molar refractivity (Wildman–Crippen MR) is 76.4 cm³/mol. The average molecular weight is 278 g/mol. The standard InChI is InChI=1S/C16H22O4/c1-11-4-7-13(8-5-11)20-14-9-6-12(16(17)19-3)10-15(14)18-2/h6,9-11,13H,4-5,7-8H2,1-3H3. The van der Waals surface area contributed by atoms with E-state index in [9.17, 15) is 4.79 Å². The number of esters is 1. The third-order valence-electron chi connectivity index (χ3n) is 3.84. The van der Waals surface area contributed by atoms with Gasteiger partial charge in [-0.1, -0.05) is 6.92 Å². The molecule has 1 fully saturated rings. The van der Waals surface area contributed by atoms with Gasteiger partial charge in [-0.2, -0.15) is 0 Å². The first-order valence-electron chi connectivity index (χ1n) is 7.07. The van der Waals surface area contributed by atoms with E-state index in [0.29, 0.717) is 17.1 Å². The summed E-state index contributed by atoms with van der Waals surface area (Å²) in [5.74, 6) is 1.69. The highest BCUT2D eigenvalue weighted by Crippen LogP contribution is 2.33. The largest absolute Gasteiger partial charge is 0.493 e. The maximum atomic E-state index is 11.5. The highest BCUT2D eigenvalue weighted by molar-refractivity contribution is 5.90. The minimum atomic E-state index is -0.374. The fourth-order valence-corrected chi connectivity index (χ4v) is 2.54. The number of ether oxygens (including phenoxy) is 3. The van der Waals surface area contributed by atoms with Crippen LogP contribution in [0.1, 0.15) is 43.0 Å². The maximum Gasteiger partial charge on any atom is 0.337 e. The molecule has 1 aromatic rings. The third kappa shape index (κ3) is 3.44. The lowest BCUT2D eigenvalue weighted by Gasteiger charge is -2.27. The van der Waals surface area contributed by atoms with E-state index in [1.165, 1.54) is 20.0 Å². The molecule has 4 heteroatoms. The molecular formula is C16H22O4. The van der Waals surface area contributed by atoms with E-state index in [4.69, 9.17) is 14.2 Å². The van der Waals surface area contributed by atoms with E-state index in [1.807, 2.05) is 0 Å². The Morgan fingerprint density at radius 2 is 1.80 bits per heavy atom. The summed E-state index contributed by atoms with van der Waals surface area (Å²) in [6.45, 7) is 2.28.